The molecule has 4 aromatic rings. The fraction of sp³-hybridized carbons (Fsp3) is 0.348. The van der Waals surface area contributed by atoms with Gasteiger partial charge in [0, 0.05) is 22.4 Å². The Morgan fingerprint density at radius 1 is 1.10 bits per heavy atom. The van der Waals surface area contributed by atoms with E-state index >= 15 is 0 Å². The standard InChI is InChI=1S/C23H21N3O4S/c27-20-7-5-14-4-6-15(12-17(14)30-20)29-22-21-16-2-1-3-18(16)31-23(21)25-19(24-22)13-26-8-10-28-11-9-26/h4-7,12H,1-3,8-11,13H2/p+1. The quantitative estimate of drug-likeness (QED) is 0.495. The summed E-state index contributed by atoms with van der Waals surface area (Å²) in [6.45, 7) is 4.22. The van der Waals surface area contributed by atoms with Crippen LogP contribution in [0, 0.1) is 0 Å². The Hall–Kier alpha value is -2.81. The van der Waals surface area contributed by atoms with Gasteiger partial charge in [-0.1, -0.05) is 0 Å². The molecule has 1 aromatic carbocycles. The van der Waals surface area contributed by atoms with Crippen molar-refractivity contribution in [1.82, 2.24) is 9.97 Å². The fourth-order valence-electron chi connectivity index (χ4n) is 4.43. The van der Waals surface area contributed by atoms with Crippen molar-refractivity contribution in [1.29, 1.82) is 0 Å². The van der Waals surface area contributed by atoms with Crippen LogP contribution < -0.4 is 15.3 Å². The summed E-state index contributed by atoms with van der Waals surface area (Å²) in [5.74, 6) is 2.00. The van der Waals surface area contributed by atoms with Gasteiger partial charge in [-0.15, -0.1) is 11.3 Å². The Labute approximate surface area is 182 Å². The first-order valence-electron chi connectivity index (χ1n) is 10.7. The third kappa shape index (κ3) is 3.60. The van der Waals surface area contributed by atoms with Gasteiger partial charge in [0.05, 0.1) is 18.6 Å². The SMILES string of the molecule is O=c1ccc2ccc(Oc3nc(C[NH+]4CCOCC4)nc4sc5c(c34)CCC5)cc2o1. The molecule has 4 heterocycles. The molecule has 2 aliphatic rings. The van der Waals surface area contributed by atoms with E-state index in [4.69, 9.17) is 23.9 Å². The van der Waals surface area contributed by atoms with Gasteiger partial charge >= 0.3 is 5.63 Å². The number of hydrogen-bond acceptors (Lipinski definition) is 7. The molecule has 0 saturated carbocycles. The van der Waals surface area contributed by atoms with Crippen molar-refractivity contribution in [3.8, 4) is 11.6 Å². The third-order valence-corrected chi connectivity index (χ3v) is 7.18. The van der Waals surface area contributed by atoms with E-state index in [1.807, 2.05) is 12.1 Å². The maximum atomic E-state index is 11.6. The van der Waals surface area contributed by atoms with Crippen LogP contribution in [-0.4, -0.2) is 36.3 Å². The molecule has 8 heteroatoms. The van der Waals surface area contributed by atoms with E-state index in [2.05, 4.69) is 0 Å². The van der Waals surface area contributed by atoms with Crippen LogP contribution in [0.1, 0.15) is 22.7 Å². The number of hydrogen-bond donors (Lipinski definition) is 1. The summed E-state index contributed by atoms with van der Waals surface area (Å²) >= 11 is 1.77. The Morgan fingerprint density at radius 2 is 1.97 bits per heavy atom. The van der Waals surface area contributed by atoms with Crippen LogP contribution in [0.2, 0.25) is 0 Å². The second-order valence-corrected chi connectivity index (χ2v) is 9.16. The van der Waals surface area contributed by atoms with Crippen molar-refractivity contribution in [3.05, 3.63) is 57.0 Å². The monoisotopic (exact) mass is 436 g/mol. The van der Waals surface area contributed by atoms with Gasteiger partial charge in [-0.05, 0) is 43.0 Å². The molecule has 1 saturated heterocycles. The molecule has 158 valence electrons. The number of nitrogens with zero attached hydrogens (tertiary/aromatic N) is 2. The molecule has 6 rings (SSSR count). The van der Waals surface area contributed by atoms with Crippen LogP contribution in [0.25, 0.3) is 21.2 Å². The summed E-state index contributed by atoms with van der Waals surface area (Å²) in [4.78, 5) is 25.2. The first-order valence-corrected chi connectivity index (χ1v) is 11.5. The van der Waals surface area contributed by atoms with E-state index in [9.17, 15) is 4.79 Å². The average Bonchev–Trinajstić information content (AvgIpc) is 3.35. The predicted octanol–water partition coefficient (Wildman–Crippen LogP) is 2.49. The van der Waals surface area contributed by atoms with E-state index in [0.717, 1.165) is 73.5 Å². The highest BCUT2D eigenvalue weighted by Crippen LogP contribution is 2.41. The summed E-state index contributed by atoms with van der Waals surface area (Å²) in [6.07, 6.45) is 3.30. The number of aryl methyl sites for hydroxylation is 2. The second-order valence-electron chi connectivity index (χ2n) is 8.08. The number of rotatable bonds is 4. The lowest BCUT2D eigenvalue weighted by Gasteiger charge is -2.23. The number of nitrogens with one attached hydrogen (secondary N) is 1. The van der Waals surface area contributed by atoms with Crippen molar-refractivity contribution in [3.63, 3.8) is 0 Å². The van der Waals surface area contributed by atoms with Gasteiger partial charge in [0.1, 0.15) is 35.8 Å². The molecule has 0 atom stereocenters. The van der Waals surface area contributed by atoms with Crippen molar-refractivity contribution < 1.29 is 18.8 Å². The number of aromatic nitrogens is 2. The van der Waals surface area contributed by atoms with E-state index < -0.39 is 0 Å². The number of quaternary nitrogens is 1. The lowest BCUT2D eigenvalue weighted by molar-refractivity contribution is -0.922. The maximum Gasteiger partial charge on any atom is 0.336 e. The highest BCUT2D eigenvalue weighted by molar-refractivity contribution is 7.19. The van der Waals surface area contributed by atoms with Crippen LogP contribution >= 0.6 is 11.3 Å². The molecule has 1 aliphatic heterocycles. The summed E-state index contributed by atoms with van der Waals surface area (Å²) in [5.41, 5.74) is 1.46. The van der Waals surface area contributed by atoms with Crippen LogP contribution in [-0.2, 0) is 24.1 Å². The first-order chi connectivity index (χ1) is 15.2. The Balaban J connectivity index is 1.42. The molecule has 1 fully saturated rings. The van der Waals surface area contributed by atoms with Crippen molar-refractivity contribution >= 4 is 32.5 Å². The third-order valence-electron chi connectivity index (χ3n) is 5.99. The highest BCUT2D eigenvalue weighted by Gasteiger charge is 2.25. The molecule has 0 unspecified atom stereocenters. The van der Waals surface area contributed by atoms with E-state index in [1.165, 1.54) is 21.4 Å². The van der Waals surface area contributed by atoms with Gasteiger partial charge in [0.15, 0.2) is 5.82 Å². The van der Waals surface area contributed by atoms with Gasteiger partial charge in [0.25, 0.3) is 0 Å². The molecule has 0 spiro atoms. The minimum Gasteiger partial charge on any atom is -0.438 e. The Morgan fingerprint density at radius 3 is 2.87 bits per heavy atom. The van der Waals surface area contributed by atoms with Gasteiger partial charge in [0.2, 0.25) is 5.88 Å². The molecular weight excluding hydrogens is 414 g/mol. The summed E-state index contributed by atoms with van der Waals surface area (Å²) in [5, 5.41) is 1.89. The summed E-state index contributed by atoms with van der Waals surface area (Å²) in [6, 6.07) is 8.71. The number of ether oxygens (including phenoxy) is 2. The van der Waals surface area contributed by atoms with Gasteiger partial charge < -0.3 is 18.8 Å². The zero-order chi connectivity index (χ0) is 20.8. The zero-order valence-electron chi connectivity index (χ0n) is 17.0. The second kappa shape index (κ2) is 7.71. The summed E-state index contributed by atoms with van der Waals surface area (Å²) in [7, 11) is 0. The smallest absolute Gasteiger partial charge is 0.336 e. The Kier molecular flexibility index (Phi) is 4.70. The number of benzene rings is 1. The molecule has 1 aliphatic carbocycles. The van der Waals surface area contributed by atoms with E-state index in [-0.39, 0.29) is 5.63 Å². The minimum atomic E-state index is -0.375. The van der Waals surface area contributed by atoms with Crippen LogP contribution in [0.4, 0.5) is 0 Å². The highest BCUT2D eigenvalue weighted by atomic mass is 32.1. The van der Waals surface area contributed by atoms with E-state index in [0.29, 0.717) is 17.2 Å². The number of morpholine rings is 1. The number of fused-ring (bicyclic) bond motifs is 4. The molecule has 0 radical (unpaired) electrons. The molecule has 3 aromatic heterocycles. The lowest BCUT2D eigenvalue weighted by atomic mass is 10.2. The topological polar surface area (TPSA) is 78.9 Å². The molecule has 0 bridgehead atoms. The van der Waals surface area contributed by atoms with E-state index in [1.54, 1.807) is 23.5 Å². The van der Waals surface area contributed by atoms with Gasteiger partial charge in [-0.25, -0.2) is 9.78 Å². The van der Waals surface area contributed by atoms with Crippen molar-refractivity contribution in [2.45, 2.75) is 25.8 Å². The largest absolute Gasteiger partial charge is 0.438 e. The first kappa shape index (κ1) is 18.9. The molecule has 1 N–H and O–H groups in total. The number of thiophene rings is 1. The predicted molar refractivity (Wildman–Crippen MR) is 117 cm³/mol. The molecule has 0 amide bonds. The maximum absolute atomic E-state index is 11.6. The molecular formula is C23H22N3O4S+. The van der Waals surface area contributed by atoms with Crippen molar-refractivity contribution in [2.75, 3.05) is 26.3 Å². The normalized spacial score (nSPS) is 16.8. The minimum absolute atomic E-state index is 0.375. The van der Waals surface area contributed by atoms with Crippen LogP contribution in [0.15, 0.2) is 39.5 Å². The fourth-order valence-corrected chi connectivity index (χ4v) is 5.70. The summed E-state index contributed by atoms with van der Waals surface area (Å²) < 4.78 is 17.1. The van der Waals surface area contributed by atoms with Crippen LogP contribution in [0.5, 0.6) is 11.6 Å². The van der Waals surface area contributed by atoms with Crippen molar-refractivity contribution in [2.24, 2.45) is 0 Å². The average molecular weight is 437 g/mol. The molecule has 7 nitrogen and oxygen atoms in total. The lowest BCUT2D eigenvalue weighted by Crippen LogP contribution is -3.12. The Bertz CT molecular complexity index is 1340. The zero-order valence-corrected chi connectivity index (χ0v) is 17.8. The molecule has 31 heavy (non-hydrogen) atoms. The van der Waals surface area contributed by atoms with Gasteiger partial charge in [-0.2, -0.15) is 4.98 Å². The van der Waals surface area contributed by atoms with Gasteiger partial charge in [-0.3, -0.25) is 0 Å². The van der Waals surface area contributed by atoms with Crippen LogP contribution in [0.3, 0.4) is 0 Å².